The van der Waals surface area contributed by atoms with Gasteiger partial charge in [0.1, 0.15) is 0 Å². The van der Waals surface area contributed by atoms with Crippen LogP contribution in [0.25, 0.3) is 0 Å². The van der Waals surface area contributed by atoms with E-state index >= 15 is 0 Å². The van der Waals surface area contributed by atoms with E-state index < -0.39 is 0 Å². The Bertz CT molecular complexity index is 561. The Kier molecular flexibility index (Phi) is 4.67. The van der Waals surface area contributed by atoms with Crippen LogP contribution < -0.4 is 0 Å². The summed E-state index contributed by atoms with van der Waals surface area (Å²) < 4.78 is 5.38. The van der Waals surface area contributed by atoms with Crippen molar-refractivity contribution in [2.24, 2.45) is 5.92 Å². The number of piperidine rings is 1. The number of carbonyl (C=O) groups is 1. The van der Waals surface area contributed by atoms with Crippen LogP contribution in [0.4, 0.5) is 4.79 Å². The van der Waals surface area contributed by atoms with E-state index in [2.05, 4.69) is 20.9 Å². The molecule has 1 aromatic rings. The average Bonchev–Trinajstić information content (AvgIpc) is 2.93. The highest BCUT2D eigenvalue weighted by Gasteiger charge is 2.38. The fourth-order valence-corrected chi connectivity index (χ4v) is 4.23. The molecule has 2 amide bonds. The first kappa shape index (κ1) is 15.8. The smallest absolute Gasteiger partial charge is 0.320 e. The molecular formula is C18H26N4O2. The summed E-state index contributed by atoms with van der Waals surface area (Å²) in [5.41, 5.74) is 1.25. The lowest BCUT2D eigenvalue weighted by Crippen LogP contribution is -2.54. The molecule has 0 radical (unpaired) electrons. The van der Waals surface area contributed by atoms with E-state index in [0.717, 1.165) is 45.7 Å². The molecule has 0 unspecified atom stereocenters. The zero-order valence-corrected chi connectivity index (χ0v) is 14.1. The number of hydrogen-bond donors (Lipinski definition) is 0. The monoisotopic (exact) mass is 330 g/mol. The summed E-state index contributed by atoms with van der Waals surface area (Å²) in [5, 5.41) is 0. The normalized spacial score (nSPS) is 28.0. The highest BCUT2D eigenvalue weighted by atomic mass is 16.5. The molecule has 5 rings (SSSR count). The van der Waals surface area contributed by atoms with Crippen LogP contribution in [0.2, 0.25) is 0 Å². The quantitative estimate of drug-likeness (QED) is 0.823. The van der Waals surface area contributed by atoms with Crippen LogP contribution in [0.3, 0.4) is 0 Å². The van der Waals surface area contributed by atoms with E-state index in [-0.39, 0.29) is 6.03 Å². The van der Waals surface area contributed by atoms with Crippen molar-refractivity contribution in [3.8, 4) is 0 Å². The Labute approximate surface area is 143 Å². The first-order valence-corrected chi connectivity index (χ1v) is 9.04. The standard InChI is InChI=1S/C18H26N4O2/c23-18(21-6-8-24-9-7-21)22-13-16-3-4-17(22)14-20(12-16)11-15-2-1-5-19-10-15/h1-2,5,10,16-17H,3-4,6-9,11-14H2/t16-,17+/m1/s1. The number of ether oxygens (including phenoxy) is 1. The van der Waals surface area contributed by atoms with Crippen LogP contribution in [0.15, 0.2) is 24.5 Å². The molecule has 6 nitrogen and oxygen atoms in total. The number of carbonyl (C=O) groups excluding carboxylic acids is 1. The SMILES string of the molecule is O=C(N1CCOCC1)N1C[C@@H]2CC[C@H]1CN(Cc1cccnc1)C2. The van der Waals surface area contributed by atoms with Crippen LogP contribution in [0, 0.1) is 5.92 Å². The van der Waals surface area contributed by atoms with Gasteiger partial charge in [-0.3, -0.25) is 9.88 Å². The second-order valence-electron chi connectivity index (χ2n) is 7.19. The number of urea groups is 1. The summed E-state index contributed by atoms with van der Waals surface area (Å²) in [4.78, 5) is 23.8. The summed E-state index contributed by atoms with van der Waals surface area (Å²) in [7, 11) is 0. The van der Waals surface area contributed by atoms with Gasteiger partial charge in [0.2, 0.25) is 0 Å². The van der Waals surface area contributed by atoms with Gasteiger partial charge in [-0.2, -0.15) is 0 Å². The number of nitrogens with zero attached hydrogens (tertiary/aromatic N) is 4. The second kappa shape index (κ2) is 7.07. The number of fused-ring (bicyclic) bond motifs is 4. The maximum Gasteiger partial charge on any atom is 0.320 e. The summed E-state index contributed by atoms with van der Waals surface area (Å²) in [6.45, 7) is 6.68. The Morgan fingerprint density at radius 3 is 2.88 bits per heavy atom. The molecule has 130 valence electrons. The molecule has 4 aliphatic heterocycles. The molecule has 4 saturated heterocycles. The van der Waals surface area contributed by atoms with Gasteiger partial charge in [-0.15, -0.1) is 0 Å². The summed E-state index contributed by atoms with van der Waals surface area (Å²) >= 11 is 0. The Morgan fingerprint density at radius 1 is 1.21 bits per heavy atom. The zero-order chi connectivity index (χ0) is 16.4. The van der Waals surface area contributed by atoms with Crippen LogP contribution in [0.5, 0.6) is 0 Å². The fourth-order valence-electron chi connectivity index (χ4n) is 4.23. The Balaban J connectivity index is 1.43. The number of pyridine rings is 1. The number of amides is 2. The third kappa shape index (κ3) is 3.39. The number of morpholine rings is 1. The van der Waals surface area contributed by atoms with Crippen LogP contribution in [0.1, 0.15) is 18.4 Å². The molecule has 5 heterocycles. The van der Waals surface area contributed by atoms with Crippen molar-refractivity contribution < 1.29 is 9.53 Å². The zero-order valence-electron chi connectivity index (χ0n) is 14.1. The van der Waals surface area contributed by atoms with Crippen LogP contribution in [-0.2, 0) is 11.3 Å². The molecule has 1 aromatic heterocycles. The van der Waals surface area contributed by atoms with Crippen LogP contribution >= 0.6 is 0 Å². The third-order valence-electron chi connectivity index (χ3n) is 5.45. The highest BCUT2D eigenvalue weighted by molar-refractivity contribution is 5.75. The van der Waals surface area contributed by atoms with Gasteiger partial charge in [-0.05, 0) is 30.4 Å². The predicted octanol–water partition coefficient (Wildman–Crippen LogP) is 1.43. The minimum Gasteiger partial charge on any atom is -0.378 e. The minimum atomic E-state index is 0.219. The largest absolute Gasteiger partial charge is 0.378 e. The fraction of sp³-hybridized carbons (Fsp3) is 0.667. The van der Waals surface area contributed by atoms with E-state index in [0.29, 0.717) is 25.2 Å². The van der Waals surface area contributed by atoms with E-state index in [1.54, 1.807) is 0 Å². The molecular weight excluding hydrogens is 304 g/mol. The van der Waals surface area contributed by atoms with Crippen molar-refractivity contribution in [1.29, 1.82) is 0 Å². The number of hydrogen-bond acceptors (Lipinski definition) is 4. The van der Waals surface area contributed by atoms with E-state index in [1.165, 1.54) is 12.0 Å². The van der Waals surface area contributed by atoms with Crippen LogP contribution in [-0.4, -0.2) is 77.7 Å². The first-order chi connectivity index (χ1) is 11.8. The van der Waals surface area contributed by atoms with Gasteiger partial charge >= 0.3 is 6.03 Å². The van der Waals surface area contributed by atoms with Crippen molar-refractivity contribution in [3.05, 3.63) is 30.1 Å². The van der Waals surface area contributed by atoms with Gasteiger partial charge in [-0.25, -0.2) is 4.79 Å². The topological polar surface area (TPSA) is 48.9 Å². The second-order valence-corrected chi connectivity index (χ2v) is 7.19. The lowest BCUT2D eigenvalue weighted by molar-refractivity contribution is 0.0341. The summed E-state index contributed by atoms with van der Waals surface area (Å²) in [6, 6.07) is 4.69. The molecule has 0 aromatic carbocycles. The maximum atomic E-state index is 12.9. The molecule has 0 N–H and O–H groups in total. The molecule has 0 aliphatic carbocycles. The van der Waals surface area contributed by atoms with Gasteiger partial charge in [0.25, 0.3) is 0 Å². The number of rotatable bonds is 2. The molecule has 24 heavy (non-hydrogen) atoms. The molecule has 4 fully saturated rings. The predicted molar refractivity (Wildman–Crippen MR) is 90.5 cm³/mol. The molecule has 2 bridgehead atoms. The average molecular weight is 330 g/mol. The Morgan fingerprint density at radius 2 is 2.08 bits per heavy atom. The van der Waals surface area contributed by atoms with E-state index in [1.807, 2.05) is 23.4 Å². The number of aromatic nitrogens is 1. The minimum absolute atomic E-state index is 0.219. The lowest BCUT2D eigenvalue weighted by atomic mass is 9.95. The van der Waals surface area contributed by atoms with Crippen molar-refractivity contribution in [2.45, 2.75) is 25.4 Å². The summed E-state index contributed by atoms with van der Waals surface area (Å²) in [5.74, 6) is 0.588. The molecule has 6 heteroatoms. The third-order valence-corrected chi connectivity index (χ3v) is 5.45. The van der Waals surface area contributed by atoms with Crippen molar-refractivity contribution >= 4 is 6.03 Å². The molecule has 4 aliphatic rings. The lowest BCUT2D eigenvalue weighted by Gasteiger charge is -2.40. The molecule has 2 atom stereocenters. The maximum absolute atomic E-state index is 12.9. The van der Waals surface area contributed by atoms with Crippen molar-refractivity contribution in [1.82, 2.24) is 19.7 Å². The van der Waals surface area contributed by atoms with Gasteiger partial charge < -0.3 is 14.5 Å². The van der Waals surface area contributed by atoms with E-state index in [9.17, 15) is 4.79 Å². The van der Waals surface area contributed by atoms with E-state index in [4.69, 9.17) is 4.74 Å². The van der Waals surface area contributed by atoms with Gasteiger partial charge in [0.05, 0.1) is 13.2 Å². The molecule has 0 saturated carbocycles. The summed E-state index contributed by atoms with van der Waals surface area (Å²) in [6.07, 6.45) is 6.13. The van der Waals surface area contributed by atoms with Gasteiger partial charge in [0, 0.05) is 57.7 Å². The Hall–Kier alpha value is -1.66. The van der Waals surface area contributed by atoms with Gasteiger partial charge in [-0.1, -0.05) is 6.07 Å². The van der Waals surface area contributed by atoms with Crippen molar-refractivity contribution in [2.75, 3.05) is 45.9 Å². The molecule has 0 spiro atoms. The first-order valence-electron chi connectivity index (χ1n) is 9.04. The van der Waals surface area contributed by atoms with Crippen molar-refractivity contribution in [3.63, 3.8) is 0 Å². The van der Waals surface area contributed by atoms with Gasteiger partial charge in [0.15, 0.2) is 0 Å². The highest BCUT2D eigenvalue weighted by Crippen LogP contribution is 2.29.